The third kappa shape index (κ3) is 2.77. The van der Waals surface area contributed by atoms with Crippen molar-refractivity contribution in [2.45, 2.75) is 19.4 Å². The molecule has 0 unspecified atom stereocenters. The molecule has 0 atom stereocenters. The number of hydrogen-bond acceptors (Lipinski definition) is 2. The maximum absolute atomic E-state index is 11.3. The van der Waals surface area contributed by atoms with Gasteiger partial charge in [0, 0.05) is 14.1 Å². The molecule has 0 aliphatic heterocycles. The third-order valence-corrected chi connectivity index (χ3v) is 1.36. The van der Waals surface area contributed by atoms with Gasteiger partial charge in [0.05, 0.1) is 0 Å². The molecule has 0 aromatic heterocycles. The summed E-state index contributed by atoms with van der Waals surface area (Å²) in [7, 11) is 3.15. The largest absolute Gasteiger partial charge is 0.465 e. The van der Waals surface area contributed by atoms with Crippen LogP contribution in [0.5, 0.6) is 0 Å². The number of amides is 2. The van der Waals surface area contributed by atoms with Gasteiger partial charge in [-0.25, -0.2) is 4.79 Å². The van der Waals surface area contributed by atoms with E-state index in [1.165, 1.54) is 18.7 Å². The maximum Gasteiger partial charge on any atom is 0.405 e. The average molecular weight is 174 g/mol. The summed E-state index contributed by atoms with van der Waals surface area (Å²) in [5.74, 6) is -0.273. The first-order valence-electron chi connectivity index (χ1n) is 3.50. The minimum Gasteiger partial charge on any atom is -0.465 e. The lowest BCUT2D eigenvalue weighted by atomic mass is 10.0. The molecule has 0 aromatic carbocycles. The lowest BCUT2D eigenvalue weighted by Gasteiger charge is -2.26. The van der Waals surface area contributed by atoms with Crippen LogP contribution in [0.4, 0.5) is 4.79 Å². The molecule has 5 nitrogen and oxygen atoms in total. The van der Waals surface area contributed by atoms with Crippen LogP contribution in [0.3, 0.4) is 0 Å². The van der Waals surface area contributed by atoms with Crippen molar-refractivity contribution in [2.75, 3.05) is 14.1 Å². The standard InChI is InChI=1S/C7H14N2O3/c1-7(2,8-6(11)12)5(10)9(3)4/h8H,1-4H3,(H,11,12). The van der Waals surface area contributed by atoms with Crippen molar-refractivity contribution in [3.63, 3.8) is 0 Å². The number of carbonyl (C=O) groups excluding carboxylic acids is 1. The predicted octanol–water partition coefficient (Wildman–Crippen LogP) is 0.121. The van der Waals surface area contributed by atoms with Crippen molar-refractivity contribution in [3.05, 3.63) is 0 Å². The van der Waals surface area contributed by atoms with Gasteiger partial charge in [-0.05, 0) is 13.8 Å². The highest BCUT2D eigenvalue weighted by Crippen LogP contribution is 2.04. The Morgan fingerprint density at radius 3 is 2.00 bits per heavy atom. The molecule has 0 radical (unpaired) electrons. The summed E-state index contributed by atoms with van der Waals surface area (Å²) >= 11 is 0. The molecule has 2 N–H and O–H groups in total. The van der Waals surface area contributed by atoms with Crippen LogP contribution in [0.15, 0.2) is 0 Å². The van der Waals surface area contributed by atoms with Gasteiger partial charge in [0.15, 0.2) is 0 Å². The number of carboxylic acid groups (broad SMARTS) is 1. The Labute approximate surface area is 71.4 Å². The number of carbonyl (C=O) groups is 2. The Morgan fingerprint density at radius 1 is 1.33 bits per heavy atom. The summed E-state index contributed by atoms with van der Waals surface area (Å²) in [4.78, 5) is 22.9. The minimum atomic E-state index is -1.20. The normalized spacial score (nSPS) is 10.7. The van der Waals surface area contributed by atoms with Crippen LogP contribution >= 0.6 is 0 Å². The number of rotatable bonds is 2. The van der Waals surface area contributed by atoms with Crippen molar-refractivity contribution in [3.8, 4) is 0 Å². The minimum absolute atomic E-state index is 0.273. The SMILES string of the molecule is CN(C)C(=O)C(C)(C)NC(=O)O. The van der Waals surface area contributed by atoms with Gasteiger partial charge in [-0.15, -0.1) is 0 Å². The summed E-state index contributed by atoms with van der Waals surface area (Å²) in [6, 6.07) is 0. The molecule has 0 aliphatic rings. The molecule has 0 aliphatic carbocycles. The molecular formula is C7H14N2O3. The second-order valence-electron chi connectivity index (χ2n) is 3.25. The molecule has 0 saturated heterocycles. The molecule has 0 spiro atoms. The zero-order valence-corrected chi connectivity index (χ0v) is 7.71. The summed E-state index contributed by atoms with van der Waals surface area (Å²) < 4.78 is 0. The van der Waals surface area contributed by atoms with Crippen LogP contribution in [0.25, 0.3) is 0 Å². The number of nitrogens with one attached hydrogen (secondary N) is 1. The molecule has 2 amide bonds. The van der Waals surface area contributed by atoms with E-state index in [9.17, 15) is 9.59 Å². The topological polar surface area (TPSA) is 69.6 Å². The van der Waals surface area contributed by atoms with E-state index in [4.69, 9.17) is 5.11 Å². The molecule has 0 aromatic rings. The lowest BCUT2D eigenvalue weighted by Crippen LogP contribution is -2.53. The summed E-state index contributed by atoms with van der Waals surface area (Å²) in [5.41, 5.74) is -1.06. The highest BCUT2D eigenvalue weighted by atomic mass is 16.4. The van der Waals surface area contributed by atoms with E-state index in [0.717, 1.165) is 0 Å². The van der Waals surface area contributed by atoms with Crippen molar-refractivity contribution in [2.24, 2.45) is 0 Å². The van der Waals surface area contributed by atoms with Gasteiger partial charge in [0.2, 0.25) is 5.91 Å². The van der Waals surface area contributed by atoms with E-state index in [1.54, 1.807) is 14.1 Å². The van der Waals surface area contributed by atoms with E-state index in [2.05, 4.69) is 5.32 Å². The zero-order valence-electron chi connectivity index (χ0n) is 7.71. The van der Waals surface area contributed by atoms with E-state index in [0.29, 0.717) is 0 Å². The van der Waals surface area contributed by atoms with E-state index in [-0.39, 0.29) is 5.91 Å². The first-order chi connectivity index (χ1) is 5.27. The van der Waals surface area contributed by atoms with Crippen LogP contribution in [-0.4, -0.2) is 41.6 Å². The second kappa shape index (κ2) is 3.42. The van der Waals surface area contributed by atoms with Crippen molar-refractivity contribution in [1.29, 1.82) is 0 Å². The van der Waals surface area contributed by atoms with E-state index in [1.807, 2.05) is 0 Å². The van der Waals surface area contributed by atoms with Crippen molar-refractivity contribution >= 4 is 12.0 Å². The number of hydrogen-bond donors (Lipinski definition) is 2. The monoisotopic (exact) mass is 174 g/mol. The Hall–Kier alpha value is -1.26. The van der Waals surface area contributed by atoms with Crippen LogP contribution < -0.4 is 5.32 Å². The molecule has 12 heavy (non-hydrogen) atoms. The van der Waals surface area contributed by atoms with E-state index >= 15 is 0 Å². The molecule has 0 bridgehead atoms. The van der Waals surface area contributed by atoms with Gasteiger partial charge in [0.25, 0.3) is 0 Å². The molecule has 70 valence electrons. The third-order valence-electron chi connectivity index (χ3n) is 1.36. The first-order valence-corrected chi connectivity index (χ1v) is 3.50. The van der Waals surface area contributed by atoms with Crippen molar-refractivity contribution < 1.29 is 14.7 Å². The summed E-state index contributed by atoms with van der Waals surface area (Å²) in [6.07, 6.45) is -1.20. The smallest absolute Gasteiger partial charge is 0.405 e. The van der Waals surface area contributed by atoms with Gasteiger partial charge in [-0.3, -0.25) is 4.79 Å². The molecule has 5 heteroatoms. The fourth-order valence-electron chi connectivity index (χ4n) is 0.880. The molecule has 0 rings (SSSR count). The van der Waals surface area contributed by atoms with Gasteiger partial charge >= 0.3 is 6.09 Å². The Bertz CT molecular complexity index is 199. The second-order valence-corrected chi connectivity index (χ2v) is 3.25. The molecule has 0 saturated carbocycles. The van der Waals surface area contributed by atoms with Gasteiger partial charge in [-0.1, -0.05) is 0 Å². The molecule has 0 heterocycles. The summed E-state index contributed by atoms with van der Waals surface area (Å²) in [5, 5.41) is 10.5. The van der Waals surface area contributed by atoms with E-state index < -0.39 is 11.6 Å². The molecule has 0 fully saturated rings. The molecular weight excluding hydrogens is 160 g/mol. The first kappa shape index (κ1) is 10.7. The Kier molecular flexibility index (Phi) is 3.06. The number of nitrogens with zero attached hydrogens (tertiary/aromatic N) is 1. The lowest BCUT2D eigenvalue weighted by molar-refractivity contribution is -0.134. The van der Waals surface area contributed by atoms with Crippen molar-refractivity contribution in [1.82, 2.24) is 10.2 Å². The van der Waals surface area contributed by atoms with Crippen LogP contribution in [0.1, 0.15) is 13.8 Å². The van der Waals surface area contributed by atoms with Gasteiger partial charge in [0.1, 0.15) is 5.54 Å². The van der Waals surface area contributed by atoms with Crippen LogP contribution in [0, 0.1) is 0 Å². The average Bonchev–Trinajstić information content (AvgIpc) is 1.82. The predicted molar refractivity (Wildman–Crippen MR) is 43.9 cm³/mol. The zero-order chi connectivity index (χ0) is 9.94. The summed E-state index contributed by atoms with van der Waals surface area (Å²) in [6.45, 7) is 3.03. The van der Waals surface area contributed by atoms with Gasteiger partial charge in [-0.2, -0.15) is 0 Å². The quantitative estimate of drug-likeness (QED) is 0.624. The fourth-order valence-corrected chi connectivity index (χ4v) is 0.880. The Morgan fingerprint density at radius 2 is 1.75 bits per heavy atom. The Balaban J connectivity index is 4.39. The fraction of sp³-hybridized carbons (Fsp3) is 0.714. The van der Waals surface area contributed by atoms with Crippen LogP contribution in [-0.2, 0) is 4.79 Å². The number of likely N-dealkylation sites (N-methyl/N-ethyl adjacent to an activating group) is 1. The highest BCUT2D eigenvalue weighted by Gasteiger charge is 2.30. The highest BCUT2D eigenvalue weighted by molar-refractivity contribution is 5.88. The van der Waals surface area contributed by atoms with Gasteiger partial charge < -0.3 is 15.3 Å². The maximum atomic E-state index is 11.3. The van der Waals surface area contributed by atoms with Crippen LogP contribution in [0.2, 0.25) is 0 Å².